The van der Waals surface area contributed by atoms with Crippen molar-refractivity contribution in [2.24, 2.45) is 5.41 Å². The van der Waals surface area contributed by atoms with Crippen molar-refractivity contribution in [3.63, 3.8) is 0 Å². The second-order valence-corrected chi connectivity index (χ2v) is 8.55. The van der Waals surface area contributed by atoms with Crippen LogP contribution >= 0.6 is 0 Å². The number of nitrogen functional groups attached to an aromatic ring is 1. The summed E-state index contributed by atoms with van der Waals surface area (Å²) in [4.78, 5) is 23.8. The largest absolute Gasteiger partial charge is 0.383 e. The van der Waals surface area contributed by atoms with Crippen molar-refractivity contribution in [3.8, 4) is 0 Å². The second kappa shape index (κ2) is 7.16. The van der Waals surface area contributed by atoms with E-state index in [2.05, 4.69) is 32.8 Å². The van der Waals surface area contributed by atoms with Crippen molar-refractivity contribution in [3.05, 3.63) is 23.9 Å². The Kier molecular flexibility index (Phi) is 4.88. The number of carbonyl (C=O) groups excluding carboxylic acids is 1. The summed E-state index contributed by atoms with van der Waals surface area (Å²) in [5, 5.41) is 0. The summed E-state index contributed by atoms with van der Waals surface area (Å²) in [5.74, 6) is 1.02. The third-order valence-corrected chi connectivity index (χ3v) is 6.74. The molecule has 1 amide bonds. The lowest BCUT2D eigenvalue weighted by Crippen LogP contribution is -2.54. The van der Waals surface area contributed by atoms with E-state index in [0.717, 1.165) is 64.1 Å². The number of hydrogen-bond acceptors (Lipinski definition) is 5. The van der Waals surface area contributed by atoms with Crippen LogP contribution in [0.4, 0.5) is 5.82 Å². The molecule has 3 aliphatic rings. The lowest BCUT2D eigenvalue weighted by atomic mass is 9.72. The first-order valence-corrected chi connectivity index (χ1v) is 9.94. The van der Waals surface area contributed by atoms with Crippen LogP contribution in [-0.4, -0.2) is 71.4 Å². The van der Waals surface area contributed by atoms with Gasteiger partial charge in [0.05, 0.1) is 0 Å². The number of piperidine rings is 2. The minimum absolute atomic E-state index is 0.325. The molecule has 3 aliphatic heterocycles. The van der Waals surface area contributed by atoms with Gasteiger partial charge in [-0.05, 0) is 63.8 Å². The SMILES string of the molecule is CN1CCC(N2CC3(CCC2=O)CCN(Cc2cccnc2N)CC3)C1. The fourth-order valence-electron chi connectivity index (χ4n) is 4.96. The molecule has 2 N–H and O–H groups in total. The van der Waals surface area contributed by atoms with E-state index in [1.54, 1.807) is 6.20 Å². The number of nitrogens with two attached hydrogens (primary N) is 1. The maximum Gasteiger partial charge on any atom is 0.222 e. The molecular weight excluding hydrogens is 326 g/mol. The molecule has 1 unspecified atom stereocenters. The molecule has 6 heteroatoms. The van der Waals surface area contributed by atoms with Crippen LogP contribution in [0.15, 0.2) is 18.3 Å². The monoisotopic (exact) mass is 357 g/mol. The van der Waals surface area contributed by atoms with Gasteiger partial charge in [0.25, 0.3) is 0 Å². The highest BCUT2D eigenvalue weighted by Gasteiger charge is 2.43. The Bertz CT molecular complexity index is 655. The molecule has 6 nitrogen and oxygen atoms in total. The Hall–Kier alpha value is -1.66. The van der Waals surface area contributed by atoms with Crippen molar-refractivity contribution in [2.45, 2.75) is 44.7 Å². The maximum atomic E-state index is 12.5. The predicted octanol–water partition coefficient (Wildman–Crippen LogP) is 1.57. The third kappa shape index (κ3) is 3.58. The molecule has 3 saturated heterocycles. The maximum absolute atomic E-state index is 12.5. The minimum atomic E-state index is 0.325. The number of amides is 1. The normalized spacial score (nSPS) is 27.3. The topological polar surface area (TPSA) is 65.7 Å². The first kappa shape index (κ1) is 17.7. The summed E-state index contributed by atoms with van der Waals surface area (Å²) < 4.78 is 0. The fourth-order valence-corrected chi connectivity index (χ4v) is 4.96. The molecule has 1 aromatic rings. The number of hydrogen-bond donors (Lipinski definition) is 1. The Morgan fingerprint density at radius 2 is 2.08 bits per heavy atom. The van der Waals surface area contributed by atoms with Gasteiger partial charge in [-0.1, -0.05) is 6.07 Å². The average molecular weight is 358 g/mol. The van der Waals surface area contributed by atoms with Crippen molar-refractivity contribution in [1.29, 1.82) is 0 Å². The van der Waals surface area contributed by atoms with Crippen LogP contribution in [0.3, 0.4) is 0 Å². The van der Waals surface area contributed by atoms with Gasteiger partial charge in [-0.15, -0.1) is 0 Å². The lowest BCUT2D eigenvalue weighted by Gasteiger charge is -2.49. The first-order valence-electron chi connectivity index (χ1n) is 9.94. The van der Waals surface area contributed by atoms with Gasteiger partial charge >= 0.3 is 0 Å². The quantitative estimate of drug-likeness (QED) is 0.890. The van der Waals surface area contributed by atoms with Crippen molar-refractivity contribution in [1.82, 2.24) is 19.7 Å². The van der Waals surface area contributed by atoms with Crippen molar-refractivity contribution in [2.75, 3.05) is 45.5 Å². The number of carbonyl (C=O) groups is 1. The van der Waals surface area contributed by atoms with Gasteiger partial charge in [0.1, 0.15) is 5.82 Å². The molecule has 4 heterocycles. The fraction of sp³-hybridized carbons (Fsp3) is 0.700. The summed E-state index contributed by atoms with van der Waals surface area (Å²) >= 11 is 0. The molecule has 0 radical (unpaired) electrons. The highest BCUT2D eigenvalue weighted by atomic mass is 16.2. The van der Waals surface area contributed by atoms with E-state index in [1.165, 1.54) is 12.8 Å². The summed E-state index contributed by atoms with van der Waals surface area (Å²) in [6.07, 6.45) is 7.03. The van der Waals surface area contributed by atoms with Gasteiger partial charge < -0.3 is 15.5 Å². The molecule has 0 saturated carbocycles. The molecule has 1 spiro atoms. The number of pyridine rings is 1. The highest BCUT2D eigenvalue weighted by molar-refractivity contribution is 5.77. The number of likely N-dealkylation sites (tertiary alicyclic amines) is 3. The van der Waals surface area contributed by atoms with E-state index >= 15 is 0 Å². The van der Waals surface area contributed by atoms with Crippen molar-refractivity contribution < 1.29 is 4.79 Å². The smallest absolute Gasteiger partial charge is 0.222 e. The van der Waals surface area contributed by atoms with Gasteiger partial charge in [-0.2, -0.15) is 0 Å². The predicted molar refractivity (Wildman–Crippen MR) is 102 cm³/mol. The van der Waals surface area contributed by atoms with Crippen LogP contribution in [0, 0.1) is 5.41 Å². The molecule has 4 rings (SSSR count). The van der Waals surface area contributed by atoms with Crippen LogP contribution in [0.2, 0.25) is 0 Å². The zero-order valence-corrected chi connectivity index (χ0v) is 15.9. The van der Waals surface area contributed by atoms with E-state index in [0.29, 0.717) is 23.2 Å². The zero-order valence-electron chi connectivity index (χ0n) is 15.9. The number of anilines is 1. The Labute approximate surface area is 156 Å². The molecule has 1 aromatic heterocycles. The number of aromatic nitrogens is 1. The lowest BCUT2D eigenvalue weighted by molar-refractivity contribution is -0.142. The van der Waals surface area contributed by atoms with Gasteiger partial charge in [0, 0.05) is 43.9 Å². The molecule has 0 bridgehead atoms. The summed E-state index contributed by atoms with van der Waals surface area (Å²) in [5.41, 5.74) is 7.45. The van der Waals surface area contributed by atoms with Crippen LogP contribution in [0.25, 0.3) is 0 Å². The van der Waals surface area contributed by atoms with Gasteiger partial charge in [0.2, 0.25) is 5.91 Å². The minimum Gasteiger partial charge on any atom is -0.383 e. The standard InChI is InChI=1S/C20H31N5O/c1-23-10-5-17(14-23)25-15-20(6-4-18(25)26)7-11-24(12-8-20)13-16-3-2-9-22-19(16)21/h2-3,9,17H,4-8,10-15H2,1H3,(H2,21,22). The number of rotatable bonds is 3. The third-order valence-electron chi connectivity index (χ3n) is 6.74. The van der Waals surface area contributed by atoms with E-state index < -0.39 is 0 Å². The molecule has 1 atom stereocenters. The summed E-state index contributed by atoms with van der Waals surface area (Å²) in [6, 6.07) is 4.46. The van der Waals surface area contributed by atoms with E-state index in [9.17, 15) is 4.79 Å². The molecule has 0 aliphatic carbocycles. The van der Waals surface area contributed by atoms with Crippen LogP contribution < -0.4 is 5.73 Å². The number of nitrogens with zero attached hydrogens (tertiary/aromatic N) is 4. The second-order valence-electron chi connectivity index (χ2n) is 8.55. The highest BCUT2D eigenvalue weighted by Crippen LogP contribution is 2.41. The number of likely N-dealkylation sites (N-methyl/N-ethyl adjacent to an activating group) is 1. The zero-order chi connectivity index (χ0) is 18.1. The average Bonchev–Trinajstić information content (AvgIpc) is 3.07. The molecule has 142 valence electrons. The molecule has 0 aromatic carbocycles. The summed E-state index contributed by atoms with van der Waals surface area (Å²) in [6.45, 7) is 6.16. The Morgan fingerprint density at radius 3 is 2.77 bits per heavy atom. The van der Waals surface area contributed by atoms with Gasteiger partial charge in [0.15, 0.2) is 0 Å². The van der Waals surface area contributed by atoms with Crippen LogP contribution in [-0.2, 0) is 11.3 Å². The van der Waals surface area contributed by atoms with Crippen molar-refractivity contribution >= 4 is 11.7 Å². The Balaban J connectivity index is 1.37. The molecule has 3 fully saturated rings. The molecule has 26 heavy (non-hydrogen) atoms. The van der Waals surface area contributed by atoms with E-state index in [-0.39, 0.29) is 0 Å². The molecular formula is C20H31N5O. The summed E-state index contributed by atoms with van der Waals surface area (Å²) in [7, 11) is 2.16. The van der Waals surface area contributed by atoms with Crippen LogP contribution in [0.1, 0.15) is 37.7 Å². The first-order chi connectivity index (χ1) is 12.5. The van der Waals surface area contributed by atoms with Gasteiger partial charge in [-0.3, -0.25) is 9.69 Å². The van der Waals surface area contributed by atoms with E-state index in [4.69, 9.17) is 5.73 Å². The Morgan fingerprint density at radius 1 is 1.27 bits per heavy atom. The van der Waals surface area contributed by atoms with E-state index in [1.807, 2.05) is 6.07 Å². The van der Waals surface area contributed by atoms with Gasteiger partial charge in [-0.25, -0.2) is 4.98 Å². The van der Waals surface area contributed by atoms with Crippen LogP contribution in [0.5, 0.6) is 0 Å².